The van der Waals surface area contributed by atoms with Crippen LogP contribution < -0.4 is 10.6 Å². The molecule has 1 aromatic rings. The number of hydrogen-bond acceptors (Lipinski definition) is 2. The fourth-order valence-electron chi connectivity index (χ4n) is 2.37. The first-order valence-corrected chi connectivity index (χ1v) is 5.69. The van der Waals surface area contributed by atoms with Crippen molar-refractivity contribution < 1.29 is 0 Å². The molecule has 3 heteroatoms. The molecule has 2 heterocycles. The van der Waals surface area contributed by atoms with Crippen LogP contribution in [0.4, 0.5) is 5.69 Å². The van der Waals surface area contributed by atoms with Crippen LogP contribution >= 0.6 is 11.6 Å². The molecule has 2 N–H and O–H groups in total. The highest BCUT2D eigenvalue weighted by Crippen LogP contribution is 2.37. The minimum absolute atomic E-state index is 0.653. The summed E-state index contributed by atoms with van der Waals surface area (Å²) in [5.74, 6) is 0.653. The molecule has 0 aromatic heterocycles. The van der Waals surface area contributed by atoms with Crippen molar-refractivity contribution in [3.05, 3.63) is 35.0 Å². The number of benzene rings is 1. The lowest BCUT2D eigenvalue weighted by atomic mass is 9.85. The molecule has 0 saturated carbocycles. The Labute approximate surface area is 94.3 Å². The molecule has 15 heavy (non-hydrogen) atoms. The summed E-state index contributed by atoms with van der Waals surface area (Å²) in [5.41, 5.74) is 3.88. The molecule has 0 bridgehead atoms. The molecule has 1 atom stereocenters. The molecule has 78 valence electrons. The Hall–Kier alpha value is -1.15. The summed E-state index contributed by atoms with van der Waals surface area (Å²) in [6, 6.07) is 6.07. The SMILES string of the molecule is Clc1ccc2c(c1)NCC1CCNC=C21. The number of nitrogens with one attached hydrogen (secondary N) is 2. The van der Waals surface area contributed by atoms with Gasteiger partial charge in [-0.25, -0.2) is 0 Å². The smallest absolute Gasteiger partial charge is 0.0432 e. The molecule has 0 amide bonds. The van der Waals surface area contributed by atoms with Crippen LogP contribution in [0, 0.1) is 5.92 Å². The molecule has 0 radical (unpaired) electrons. The predicted molar refractivity (Wildman–Crippen MR) is 64.0 cm³/mol. The first-order chi connectivity index (χ1) is 7.34. The Morgan fingerprint density at radius 3 is 3.20 bits per heavy atom. The largest absolute Gasteiger partial charge is 0.391 e. The third-order valence-corrected chi connectivity index (χ3v) is 3.40. The molecular formula is C12H13ClN2. The van der Waals surface area contributed by atoms with Gasteiger partial charge < -0.3 is 10.6 Å². The highest BCUT2D eigenvalue weighted by atomic mass is 35.5. The van der Waals surface area contributed by atoms with Crippen LogP contribution in [-0.2, 0) is 0 Å². The van der Waals surface area contributed by atoms with Crippen molar-refractivity contribution in [3.63, 3.8) is 0 Å². The van der Waals surface area contributed by atoms with Crippen LogP contribution in [0.3, 0.4) is 0 Å². The van der Waals surface area contributed by atoms with Gasteiger partial charge in [-0.1, -0.05) is 17.7 Å². The van der Waals surface area contributed by atoms with Crippen LogP contribution in [0.1, 0.15) is 12.0 Å². The van der Waals surface area contributed by atoms with E-state index in [1.807, 2.05) is 12.1 Å². The van der Waals surface area contributed by atoms with Crippen molar-refractivity contribution >= 4 is 22.9 Å². The molecule has 2 nitrogen and oxygen atoms in total. The average molecular weight is 221 g/mol. The summed E-state index contributed by atoms with van der Waals surface area (Å²) in [6.07, 6.45) is 3.36. The van der Waals surface area contributed by atoms with Gasteiger partial charge in [-0.2, -0.15) is 0 Å². The quantitative estimate of drug-likeness (QED) is 0.703. The Bertz CT molecular complexity index is 426. The van der Waals surface area contributed by atoms with Gasteiger partial charge in [0.15, 0.2) is 0 Å². The van der Waals surface area contributed by atoms with E-state index in [0.717, 1.165) is 23.8 Å². The van der Waals surface area contributed by atoms with Gasteiger partial charge in [-0.3, -0.25) is 0 Å². The minimum Gasteiger partial charge on any atom is -0.391 e. The Morgan fingerprint density at radius 2 is 2.27 bits per heavy atom. The number of fused-ring (bicyclic) bond motifs is 3. The van der Waals surface area contributed by atoms with Gasteiger partial charge in [0.2, 0.25) is 0 Å². The molecular weight excluding hydrogens is 208 g/mol. The summed E-state index contributed by atoms with van der Waals surface area (Å²) < 4.78 is 0. The molecule has 0 spiro atoms. The molecule has 2 aliphatic heterocycles. The topological polar surface area (TPSA) is 24.1 Å². The lowest BCUT2D eigenvalue weighted by molar-refractivity contribution is 0.579. The zero-order chi connectivity index (χ0) is 10.3. The fourth-order valence-corrected chi connectivity index (χ4v) is 2.54. The second-order valence-corrected chi connectivity index (χ2v) is 4.55. The zero-order valence-corrected chi connectivity index (χ0v) is 9.14. The van der Waals surface area contributed by atoms with Gasteiger partial charge in [0.05, 0.1) is 0 Å². The van der Waals surface area contributed by atoms with Crippen molar-refractivity contribution in [2.45, 2.75) is 6.42 Å². The summed E-state index contributed by atoms with van der Waals surface area (Å²) in [5, 5.41) is 7.56. The van der Waals surface area contributed by atoms with Crippen LogP contribution in [0.2, 0.25) is 5.02 Å². The van der Waals surface area contributed by atoms with Crippen LogP contribution in [-0.4, -0.2) is 13.1 Å². The van der Waals surface area contributed by atoms with E-state index in [1.165, 1.54) is 17.6 Å². The summed E-state index contributed by atoms with van der Waals surface area (Å²) in [6.45, 7) is 2.11. The van der Waals surface area contributed by atoms with Gasteiger partial charge in [0.1, 0.15) is 0 Å². The van der Waals surface area contributed by atoms with Gasteiger partial charge in [-0.15, -0.1) is 0 Å². The van der Waals surface area contributed by atoms with Crippen LogP contribution in [0.25, 0.3) is 5.57 Å². The highest BCUT2D eigenvalue weighted by Gasteiger charge is 2.25. The first-order valence-electron chi connectivity index (χ1n) is 5.32. The molecule has 3 rings (SSSR count). The molecule has 0 aliphatic carbocycles. The maximum absolute atomic E-state index is 5.98. The minimum atomic E-state index is 0.653. The molecule has 0 saturated heterocycles. The summed E-state index contributed by atoms with van der Waals surface area (Å²) in [7, 11) is 0. The van der Waals surface area contributed by atoms with E-state index in [0.29, 0.717) is 5.92 Å². The zero-order valence-electron chi connectivity index (χ0n) is 8.39. The van der Waals surface area contributed by atoms with E-state index in [2.05, 4.69) is 22.9 Å². The number of hydrogen-bond donors (Lipinski definition) is 2. The first kappa shape index (κ1) is 9.10. The van der Waals surface area contributed by atoms with Crippen LogP contribution in [0.15, 0.2) is 24.4 Å². The van der Waals surface area contributed by atoms with Crippen molar-refractivity contribution in [1.82, 2.24) is 5.32 Å². The van der Waals surface area contributed by atoms with Gasteiger partial charge in [0.25, 0.3) is 0 Å². The van der Waals surface area contributed by atoms with Gasteiger partial charge in [0, 0.05) is 41.5 Å². The number of anilines is 1. The van der Waals surface area contributed by atoms with E-state index >= 15 is 0 Å². The lowest BCUT2D eigenvalue weighted by Gasteiger charge is -2.32. The third kappa shape index (κ3) is 1.49. The van der Waals surface area contributed by atoms with E-state index in [4.69, 9.17) is 11.6 Å². The Balaban J connectivity index is 2.10. The van der Waals surface area contributed by atoms with Crippen molar-refractivity contribution in [1.29, 1.82) is 0 Å². The van der Waals surface area contributed by atoms with E-state index in [9.17, 15) is 0 Å². The van der Waals surface area contributed by atoms with E-state index in [-0.39, 0.29) is 0 Å². The second kappa shape index (κ2) is 3.46. The van der Waals surface area contributed by atoms with E-state index in [1.54, 1.807) is 0 Å². The summed E-state index contributed by atoms with van der Waals surface area (Å²) in [4.78, 5) is 0. The highest BCUT2D eigenvalue weighted by molar-refractivity contribution is 6.31. The van der Waals surface area contributed by atoms with Gasteiger partial charge in [-0.05, 0) is 24.1 Å². The predicted octanol–water partition coefficient (Wildman–Crippen LogP) is 2.72. The van der Waals surface area contributed by atoms with E-state index < -0.39 is 0 Å². The maximum Gasteiger partial charge on any atom is 0.0432 e. The number of halogens is 1. The second-order valence-electron chi connectivity index (χ2n) is 4.11. The van der Waals surface area contributed by atoms with Crippen molar-refractivity contribution in [2.24, 2.45) is 5.92 Å². The normalized spacial score (nSPS) is 23.0. The third-order valence-electron chi connectivity index (χ3n) is 3.17. The lowest BCUT2D eigenvalue weighted by Crippen LogP contribution is -2.29. The van der Waals surface area contributed by atoms with Crippen molar-refractivity contribution in [3.8, 4) is 0 Å². The molecule has 1 unspecified atom stereocenters. The molecule has 2 aliphatic rings. The Kier molecular flexibility index (Phi) is 2.10. The maximum atomic E-state index is 5.98. The Morgan fingerprint density at radius 1 is 1.33 bits per heavy atom. The summed E-state index contributed by atoms with van der Waals surface area (Å²) >= 11 is 5.98. The standard InChI is InChI=1S/C12H13ClN2/c13-9-1-2-10-11-7-14-4-3-8(11)6-15-12(10)5-9/h1-2,5,7-8,14-15H,3-4,6H2. The number of rotatable bonds is 0. The molecule has 1 aromatic carbocycles. The monoisotopic (exact) mass is 220 g/mol. The average Bonchev–Trinajstić information content (AvgIpc) is 2.28. The van der Waals surface area contributed by atoms with Crippen molar-refractivity contribution in [2.75, 3.05) is 18.4 Å². The molecule has 0 fully saturated rings. The van der Waals surface area contributed by atoms with Gasteiger partial charge >= 0.3 is 0 Å². The van der Waals surface area contributed by atoms with Crippen LogP contribution in [0.5, 0.6) is 0 Å². The fraction of sp³-hybridized carbons (Fsp3) is 0.333.